The highest BCUT2D eigenvalue weighted by atomic mass is 16.5. The van der Waals surface area contributed by atoms with Crippen molar-refractivity contribution in [2.24, 2.45) is 0 Å². The predicted octanol–water partition coefficient (Wildman–Crippen LogP) is 2.50. The molecule has 0 aliphatic carbocycles. The Bertz CT molecular complexity index is 430. The molecule has 20 heavy (non-hydrogen) atoms. The van der Waals surface area contributed by atoms with E-state index in [1.807, 2.05) is 19.2 Å². The number of ether oxygens (including phenoxy) is 3. The number of nitrogens with one attached hydrogen (secondary N) is 1. The summed E-state index contributed by atoms with van der Waals surface area (Å²) in [5.41, 5.74) is 1.07. The first kappa shape index (κ1) is 16.1. The molecular formula is C15H22N2O3. The van der Waals surface area contributed by atoms with E-state index in [9.17, 15) is 0 Å². The molecule has 0 saturated heterocycles. The van der Waals surface area contributed by atoms with Gasteiger partial charge < -0.3 is 19.5 Å². The van der Waals surface area contributed by atoms with Gasteiger partial charge in [-0.15, -0.1) is 0 Å². The van der Waals surface area contributed by atoms with E-state index >= 15 is 0 Å². The zero-order valence-corrected chi connectivity index (χ0v) is 12.4. The van der Waals surface area contributed by atoms with E-state index in [0.717, 1.165) is 24.9 Å². The number of methoxy groups -OCH3 is 2. The molecule has 0 fully saturated rings. The lowest BCUT2D eigenvalue weighted by Gasteiger charge is -2.16. The van der Waals surface area contributed by atoms with Gasteiger partial charge in [0.2, 0.25) is 5.75 Å². The standard InChI is InChI=1S/C15H22N2O3/c1-17-11-12-9-13(18-2)15(14(10-12)19-3)20-8-6-4-5-7-16/h9-10,17H,4-6,8,11H2,1-3H3. The van der Waals surface area contributed by atoms with E-state index in [1.165, 1.54) is 0 Å². The van der Waals surface area contributed by atoms with E-state index in [0.29, 0.717) is 30.3 Å². The van der Waals surface area contributed by atoms with Crippen molar-refractivity contribution in [2.45, 2.75) is 25.8 Å². The van der Waals surface area contributed by atoms with Crippen molar-refractivity contribution in [3.63, 3.8) is 0 Å². The number of benzene rings is 1. The second-order valence-corrected chi connectivity index (χ2v) is 4.32. The average molecular weight is 278 g/mol. The van der Waals surface area contributed by atoms with Gasteiger partial charge in [0.05, 0.1) is 26.9 Å². The first-order valence-corrected chi connectivity index (χ1v) is 6.66. The van der Waals surface area contributed by atoms with Crippen molar-refractivity contribution < 1.29 is 14.2 Å². The number of unbranched alkanes of at least 4 members (excludes halogenated alkanes) is 2. The van der Waals surface area contributed by atoms with Crippen LogP contribution in [-0.4, -0.2) is 27.9 Å². The summed E-state index contributed by atoms with van der Waals surface area (Å²) in [7, 11) is 5.11. The summed E-state index contributed by atoms with van der Waals surface area (Å²) in [5.74, 6) is 1.94. The Balaban J connectivity index is 2.79. The molecule has 0 aliphatic heterocycles. The van der Waals surface area contributed by atoms with Crippen molar-refractivity contribution >= 4 is 0 Å². The van der Waals surface area contributed by atoms with Gasteiger partial charge in [-0.1, -0.05) is 0 Å². The summed E-state index contributed by atoms with van der Waals surface area (Å²) < 4.78 is 16.5. The molecule has 1 aromatic carbocycles. The van der Waals surface area contributed by atoms with Crippen LogP contribution in [0, 0.1) is 11.3 Å². The summed E-state index contributed by atoms with van der Waals surface area (Å²) in [6.45, 7) is 1.27. The maximum Gasteiger partial charge on any atom is 0.203 e. The molecule has 1 N–H and O–H groups in total. The highest BCUT2D eigenvalue weighted by Gasteiger charge is 2.13. The SMILES string of the molecule is CNCc1cc(OC)c(OCCCCC#N)c(OC)c1. The predicted molar refractivity (Wildman–Crippen MR) is 77.3 cm³/mol. The number of nitrogens with zero attached hydrogens (tertiary/aromatic N) is 1. The molecule has 0 radical (unpaired) electrons. The van der Waals surface area contributed by atoms with Crippen LogP contribution in [0.2, 0.25) is 0 Å². The molecule has 1 rings (SSSR count). The highest BCUT2D eigenvalue weighted by molar-refractivity contribution is 5.53. The van der Waals surface area contributed by atoms with Crippen LogP contribution in [0.25, 0.3) is 0 Å². The number of nitriles is 1. The summed E-state index contributed by atoms with van der Waals surface area (Å²) >= 11 is 0. The normalized spacial score (nSPS) is 9.90. The molecule has 0 spiro atoms. The average Bonchev–Trinajstić information content (AvgIpc) is 2.47. The molecule has 0 saturated carbocycles. The van der Waals surface area contributed by atoms with Gasteiger partial charge in [0.1, 0.15) is 0 Å². The molecule has 0 aliphatic rings. The summed E-state index contributed by atoms with van der Waals surface area (Å²) in [6.07, 6.45) is 2.22. The maximum absolute atomic E-state index is 8.49. The molecule has 0 unspecified atom stereocenters. The quantitative estimate of drug-likeness (QED) is 0.703. The van der Waals surface area contributed by atoms with Crippen LogP contribution >= 0.6 is 0 Å². The van der Waals surface area contributed by atoms with Crippen molar-refractivity contribution in [1.29, 1.82) is 5.26 Å². The Hall–Kier alpha value is -1.93. The molecule has 0 amide bonds. The Morgan fingerprint density at radius 3 is 2.30 bits per heavy atom. The number of rotatable bonds is 9. The van der Waals surface area contributed by atoms with E-state index in [-0.39, 0.29) is 0 Å². The van der Waals surface area contributed by atoms with Crippen LogP contribution in [-0.2, 0) is 6.54 Å². The fourth-order valence-corrected chi connectivity index (χ4v) is 1.86. The lowest BCUT2D eigenvalue weighted by molar-refractivity contribution is 0.268. The van der Waals surface area contributed by atoms with E-state index < -0.39 is 0 Å². The molecule has 0 aromatic heterocycles. The zero-order chi connectivity index (χ0) is 14.8. The Morgan fingerprint density at radius 2 is 1.80 bits per heavy atom. The minimum atomic E-state index is 0.541. The molecule has 0 atom stereocenters. The van der Waals surface area contributed by atoms with Crippen molar-refractivity contribution in [1.82, 2.24) is 5.32 Å². The zero-order valence-electron chi connectivity index (χ0n) is 12.4. The first-order valence-electron chi connectivity index (χ1n) is 6.66. The topological polar surface area (TPSA) is 63.5 Å². The second-order valence-electron chi connectivity index (χ2n) is 4.32. The van der Waals surface area contributed by atoms with Gasteiger partial charge in [-0.2, -0.15) is 5.26 Å². The van der Waals surface area contributed by atoms with Crippen LogP contribution in [0.1, 0.15) is 24.8 Å². The smallest absolute Gasteiger partial charge is 0.203 e. The molecule has 5 heteroatoms. The summed E-state index contributed by atoms with van der Waals surface area (Å²) in [5, 5.41) is 11.6. The van der Waals surface area contributed by atoms with Crippen LogP contribution in [0.5, 0.6) is 17.2 Å². The first-order chi connectivity index (χ1) is 9.76. The summed E-state index contributed by atoms with van der Waals surface area (Å²) in [4.78, 5) is 0. The highest BCUT2D eigenvalue weighted by Crippen LogP contribution is 2.38. The second kappa shape index (κ2) is 9.05. The largest absolute Gasteiger partial charge is 0.493 e. The fraction of sp³-hybridized carbons (Fsp3) is 0.533. The van der Waals surface area contributed by atoms with Gasteiger partial charge in [-0.25, -0.2) is 0 Å². The van der Waals surface area contributed by atoms with Gasteiger partial charge in [0, 0.05) is 13.0 Å². The number of hydrogen-bond donors (Lipinski definition) is 1. The Kier molecular flexibility index (Phi) is 7.30. The maximum atomic E-state index is 8.49. The van der Waals surface area contributed by atoms with Crippen molar-refractivity contribution in [3.05, 3.63) is 17.7 Å². The van der Waals surface area contributed by atoms with Gasteiger partial charge in [-0.05, 0) is 37.6 Å². The molecule has 5 nitrogen and oxygen atoms in total. The third-order valence-electron chi connectivity index (χ3n) is 2.83. The summed E-state index contributed by atoms with van der Waals surface area (Å²) in [6, 6.07) is 5.99. The van der Waals surface area contributed by atoms with E-state index in [2.05, 4.69) is 11.4 Å². The van der Waals surface area contributed by atoms with Gasteiger partial charge >= 0.3 is 0 Å². The monoisotopic (exact) mass is 278 g/mol. The van der Waals surface area contributed by atoms with Crippen LogP contribution in [0.15, 0.2) is 12.1 Å². The van der Waals surface area contributed by atoms with E-state index in [1.54, 1.807) is 14.2 Å². The lowest BCUT2D eigenvalue weighted by Crippen LogP contribution is -2.07. The molecule has 110 valence electrons. The van der Waals surface area contributed by atoms with Crippen LogP contribution in [0.4, 0.5) is 0 Å². The molecule has 0 heterocycles. The van der Waals surface area contributed by atoms with Gasteiger partial charge in [0.15, 0.2) is 11.5 Å². The van der Waals surface area contributed by atoms with Crippen molar-refractivity contribution in [2.75, 3.05) is 27.9 Å². The third kappa shape index (κ3) is 4.63. The van der Waals surface area contributed by atoms with E-state index in [4.69, 9.17) is 19.5 Å². The lowest BCUT2D eigenvalue weighted by atomic mass is 10.1. The fourth-order valence-electron chi connectivity index (χ4n) is 1.86. The Morgan fingerprint density at radius 1 is 1.15 bits per heavy atom. The molecule has 0 bridgehead atoms. The molecule has 1 aromatic rings. The minimum absolute atomic E-state index is 0.541. The number of hydrogen-bond acceptors (Lipinski definition) is 5. The van der Waals surface area contributed by atoms with Crippen LogP contribution < -0.4 is 19.5 Å². The van der Waals surface area contributed by atoms with Gasteiger partial charge in [0.25, 0.3) is 0 Å². The third-order valence-corrected chi connectivity index (χ3v) is 2.83. The minimum Gasteiger partial charge on any atom is -0.493 e. The molecular weight excluding hydrogens is 256 g/mol. The van der Waals surface area contributed by atoms with Crippen LogP contribution in [0.3, 0.4) is 0 Å². The van der Waals surface area contributed by atoms with Crippen molar-refractivity contribution in [3.8, 4) is 23.3 Å². The van der Waals surface area contributed by atoms with Gasteiger partial charge in [-0.3, -0.25) is 0 Å². The Labute approximate surface area is 120 Å².